The standard InChI is InChI=1S/C25H35N3O3S/c1-31-21-7-5-19(6-8-21)25(30)28-14-10-18(11-15-28)4-2-3-12-27-24(29)22-16-20-9-13-26-17-23(20)32-22/h9,13,16-19,21H,2-8,10-12,14-15H2,1H3,(H,27,29). The Hall–Kier alpha value is -1.99. The fourth-order valence-electron chi connectivity index (χ4n) is 5.09. The smallest absolute Gasteiger partial charge is 0.261 e. The van der Waals surface area contributed by atoms with Crippen LogP contribution in [0, 0.1) is 11.8 Å². The Balaban J connectivity index is 1.09. The van der Waals surface area contributed by atoms with Crippen LogP contribution in [-0.2, 0) is 9.53 Å². The van der Waals surface area contributed by atoms with E-state index in [0.717, 1.165) is 79.4 Å². The molecule has 0 atom stereocenters. The van der Waals surface area contributed by atoms with Crippen LogP contribution in [0.1, 0.15) is 67.5 Å². The van der Waals surface area contributed by atoms with Crippen molar-refractivity contribution in [1.29, 1.82) is 0 Å². The minimum Gasteiger partial charge on any atom is -0.381 e. The summed E-state index contributed by atoms with van der Waals surface area (Å²) in [6.45, 7) is 2.53. The first-order chi connectivity index (χ1) is 15.6. The fraction of sp³-hybridized carbons (Fsp3) is 0.640. The summed E-state index contributed by atoms with van der Waals surface area (Å²) in [5.74, 6) is 1.29. The third-order valence-electron chi connectivity index (χ3n) is 7.15. The maximum absolute atomic E-state index is 12.8. The Morgan fingerprint density at radius 2 is 1.94 bits per heavy atom. The van der Waals surface area contributed by atoms with Gasteiger partial charge >= 0.3 is 0 Å². The van der Waals surface area contributed by atoms with Crippen molar-refractivity contribution in [2.45, 2.75) is 63.9 Å². The average molecular weight is 458 g/mol. The first-order valence-electron chi connectivity index (χ1n) is 12.1. The summed E-state index contributed by atoms with van der Waals surface area (Å²) < 4.78 is 6.48. The van der Waals surface area contributed by atoms with E-state index in [4.69, 9.17) is 4.74 Å². The molecule has 7 heteroatoms. The van der Waals surface area contributed by atoms with E-state index >= 15 is 0 Å². The Kier molecular flexibility index (Phi) is 8.14. The second kappa shape index (κ2) is 11.2. The van der Waals surface area contributed by atoms with Crippen molar-refractivity contribution >= 4 is 33.2 Å². The van der Waals surface area contributed by atoms with Gasteiger partial charge in [0.1, 0.15) is 0 Å². The Labute approximate surface area is 194 Å². The molecule has 0 unspecified atom stereocenters. The van der Waals surface area contributed by atoms with Crippen molar-refractivity contribution in [2.75, 3.05) is 26.7 Å². The third-order valence-corrected chi connectivity index (χ3v) is 8.24. The number of ether oxygens (including phenoxy) is 1. The molecule has 6 nitrogen and oxygen atoms in total. The van der Waals surface area contributed by atoms with E-state index in [9.17, 15) is 9.59 Å². The van der Waals surface area contributed by atoms with Crippen molar-refractivity contribution in [3.05, 3.63) is 29.4 Å². The number of amides is 2. The predicted octanol–water partition coefficient (Wildman–Crippen LogP) is 4.64. The molecular weight excluding hydrogens is 422 g/mol. The Morgan fingerprint density at radius 1 is 1.16 bits per heavy atom. The van der Waals surface area contributed by atoms with E-state index in [-0.39, 0.29) is 11.8 Å². The number of pyridine rings is 1. The number of fused-ring (bicyclic) bond motifs is 1. The van der Waals surface area contributed by atoms with Crippen LogP contribution in [0.4, 0.5) is 0 Å². The van der Waals surface area contributed by atoms with E-state index in [0.29, 0.717) is 24.5 Å². The number of nitrogens with one attached hydrogen (secondary N) is 1. The van der Waals surface area contributed by atoms with Gasteiger partial charge in [-0.25, -0.2) is 0 Å². The lowest BCUT2D eigenvalue weighted by Crippen LogP contribution is -2.43. The highest BCUT2D eigenvalue weighted by Crippen LogP contribution is 2.30. The van der Waals surface area contributed by atoms with Crippen LogP contribution in [0.2, 0.25) is 0 Å². The second-order valence-corrected chi connectivity index (χ2v) is 10.3. The van der Waals surface area contributed by atoms with Gasteiger partial charge in [0.05, 0.1) is 15.7 Å². The number of nitrogens with zero attached hydrogens (tertiary/aromatic N) is 2. The fourth-order valence-corrected chi connectivity index (χ4v) is 6.04. The lowest BCUT2D eigenvalue weighted by atomic mass is 9.85. The number of rotatable bonds is 8. The first-order valence-corrected chi connectivity index (χ1v) is 12.9. The molecule has 1 saturated heterocycles. The van der Waals surface area contributed by atoms with E-state index < -0.39 is 0 Å². The number of piperidine rings is 1. The molecule has 0 aromatic carbocycles. The van der Waals surface area contributed by atoms with Crippen LogP contribution in [0.5, 0.6) is 0 Å². The number of hydrogen-bond acceptors (Lipinski definition) is 5. The van der Waals surface area contributed by atoms with Gasteiger partial charge in [0.2, 0.25) is 5.91 Å². The summed E-state index contributed by atoms with van der Waals surface area (Å²) in [7, 11) is 1.77. The quantitative estimate of drug-likeness (QED) is 0.586. The number of hydrogen-bond donors (Lipinski definition) is 1. The van der Waals surface area contributed by atoms with Crippen LogP contribution in [0.15, 0.2) is 24.5 Å². The summed E-state index contributed by atoms with van der Waals surface area (Å²) in [5, 5.41) is 4.12. The molecule has 2 aromatic rings. The largest absolute Gasteiger partial charge is 0.381 e. The monoisotopic (exact) mass is 457 g/mol. The summed E-state index contributed by atoms with van der Waals surface area (Å²) in [4.78, 5) is 32.2. The van der Waals surface area contributed by atoms with Gasteiger partial charge in [-0.2, -0.15) is 0 Å². The SMILES string of the molecule is COC1CCC(C(=O)N2CCC(CCCCNC(=O)c3cc4ccncc4s3)CC2)CC1. The van der Waals surface area contributed by atoms with Gasteiger partial charge in [0.25, 0.3) is 5.91 Å². The maximum atomic E-state index is 12.8. The normalized spacial score (nSPS) is 22.2. The van der Waals surface area contributed by atoms with Crippen LogP contribution in [-0.4, -0.2) is 54.5 Å². The van der Waals surface area contributed by atoms with E-state index in [2.05, 4.69) is 15.2 Å². The minimum absolute atomic E-state index is 0.0116. The van der Waals surface area contributed by atoms with Crippen LogP contribution >= 0.6 is 11.3 Å². The number of unbranched alkanes of at least 4 members (excludes halogenated alkanes) is 1. The van der Waals surface area contributed by atoms with Crippen LogP contribution in [0.3, 0.4) is 0 Å². The highest BCUT2D eigenvalue weighted by atomic mass is 32.1. The summed E-state index contributed by atoms with van der Waals surface area (Å²) in [6.07, 6.45) is 13.4. The second-order valence-electron chi connectivity index (χ2n) is 9.25. The van der Waals surface area contributed by atoms with Gasteiger partial charge in [-0.05, 0) is 68.4 Å². The molecule has 1 aliphatic heterocycles. The summed E-state index contributed by atoms with van der Waals surface area (Å²) in [5.41, 5.74) is 0. The van der Waals surface area contributed by atoms with Crippen LogP contribution in [0.25, 0.3) is 10.1 Å². The predicted molar refractivity (Wildman–Crippen MR) is 128 cm³/mol. The Morgan fingerprint density at radius 3 is 2.66 bits per heavy atom. The number of carbonyl (C=O) groups excluding carboxylic acids is 2. The molecule has 32 heavy (non-hydrogen) atoms. The molecule has 2 aliphatic rings. The van der Waals surface area contributed by atoms with Crippen molar-refractivity contribution in [2.24, 2.45) is 11.8 Å². The number of aromatic nitrogens is 1. The van der Waals surface area contributed by atoms with Gasteiger partial charge in [0.15, 0.2) is 0 Å². The van der Waals surface area contributed by atoms with Crippen molar-refractivity contribution in [3.63, 3.8) is 0 Å². The maximum Gasteiger partial charge on any atom is 0.261 e. The molecule has 174 valence electrons. The highest BCUT2D eigenvalue weighted by molar-refractivity contribution is 7.20. The Bertz CT molecular complexity index is 866. The third kappa shape index (κ3) is 5.87. The van der Waals surface area contributed by atoms with Gasteiger partial charge < -0.3 is 15.0 Å². The molecule has 0 radical (unpaired) electrons. The molecule has 1 aliphatic carbocycles. The van der Waals surface area contributed by atoms with E-state index in [1.54, 1.807) is 13.3 Å². The lowest BCUT2D eigenvalue weighted by molar-refractivity contribution is -0.138. The number of carbonyl (C=O) groups is 2. The zero-order valence-corrected chi connectivity index (χ0v) is 19.9. The highest BCUT2D eigenvalue weighted by Gasteiger charge is 2.31. The van der Waals surface area contributed by atoms with Gasteiger partial charge in [-0.1, -0.05) is 12.8 Å². The van der Waals surface area contributed by atoms with Gasteiger partial charge in [-0.15, -0.1) is 11.3 Å². The average Bonchev–Trinajstić information content (AvgIpc) is 3.28. The molecule has 0 spiro atoms. The number of likely N-dealkylation sites (tertiary alicyclic amines) is 1. The number of methoxy groups -OCH3 is 1. The van der Waals surface area contributed by atoms with Crippen molar-refractivity contribution in [1.82, 2.24) is 15.2 Å². The van der Waals surface area contributed by atoms with E-state index in [1.807, 2.05) is 18.3 Å². The lowest BCUT2D eigenvalue weighted by Gasteiger charge is -2.36. The molecule has 3 heterocycles. The summed E-state index contributed by atoms with van der Waals surface area (Å²) in [6, 6.07) is 3.88. The molecule has 2 amide bonds. The molecule has 2 aromatic heterocycles. The zero-order chi connectivity index (χ0) is 22.3. The molecule has 2 fully saturated rings. The van der Waals surface area contributed by atoms with E-state index in [1.165, 1.54) is 17.8 Å². The molecule has 1 saturated carbocycles. The first kappa shape index (κ1) is 23.2. The minimum atomic E-state index is 0.0116. The molecule has 4 rings (SSSR count). The molecular formula is C25H35N3O3S. The van der Waals surface area contributed by atoms with Crippen LogP contribution < -0.4 is 5.32 Å². The topological polar surface area (TPSA) is 71.5 Å². The van der Waals surface area contributed by atoms with Gasteiger partial charge in [0, 0.05) is 45.1 Å². The van der Waals surface area contributed by atoms with Crippen molar-refractivity contribution in [3.8, 4) is 0 Å². The molecule has 0 bridgehead atoms. The zero-order valence-electron chi connectivity index (χ0n) is 19.1. The number of thiophene rings is 1. The van der Waals surface area contributed by atoms with Crippen molar-refractivity contribution < 1.29 is 14.3 Å². The molecule has 1 N–H and O–H groups in total. The summed E-state index contributed by atoms with van der Waals surface area (Å²) >= 11 is 1.49. The van der Waals surface area contributed by atoms with Gasteiger partial charge in [-0.3, -0.25) is 14.6 Å².